The molecule has 0 saturated heterocycles. The molecule has 0 N–H and O–H groups in total. The maximum absolute atomic E-state index is 4.50. The summed E-state index contributed by atoms with van der Waals surface area (Å²) in [4.78, 5) is 17.4. The molecule has 5 heteroatoms. The van der Waals surface area contributed by atoms with Gasteiger partial charge in [-0.15, -0.1) is 0 Å². The zero-order chi connectivity index (χ0) is 14.2. The Kier molecular flexibility index (Phi) is 2.86. The number of pyridine rings is 2. The summed E-state index contributed by atoms with van der Waals surface area (Å²) in [5, 5.41) is 2.11. The fourth-order valence-corrected chi connectivity index (χ4v) is 2.67. The Hall–Kier alpha value is -2.40. The van der Waals surface area contributed by atoms with E-state index in [2.05, 4.69) is 41.9 Å². The van der Waals surface area contributed by atoms with E-state index in [4.69, 9.17) is 0 Å². The molecule has 0 unspecified atom stereocenters. The Bertz CT molecular complexity index is 951. The molecule has 4 rings (SSSR count). The van der Waals surface area contributed by atoms with E-state index in [0.29, 0.717) is 4.73 Å². The number of nitrogens with zero attached hydrogens (tertiary/aromatic N) is 4. The first-order valence-electron chi connectivity index (χ1n) is 6.43. The van der Waals surface area contributed by atoms with Crippen molar-refractivity contribution in [2.75, 3.05) is 0 Å². The SMILES string of the molecule is Brc1ncc(-c2cc3cccnc3c3ncccc23)cn1. The first-order chi connectivity index (χ1) is 10.3. The molecule has 0 aliphatic carbocycles. The summed E-state index contributed by atoms with van der Waals surface area (Å²) in [7, 11) is 0. The van der Waals surface area contributed by atoms with Crippen molar-refractivity contribution in [3.8, 4) is 11.1 Å². The van der Waals surface area contributed by atoms with E-state index in [1.165, 1.54) is 0 Å². The Balaban J connectivity index is 2.13. The van der Waals surface area contributed by atoms with Crippen LogP contribution >= 0.6 is 15.9 Å². The smallest absolute Gasteiger partial charge is 0.196 e. The Morgan fingerprint density at radius 3 is 2.33 bits per heavy atom. The van der Waals surface area contributed by atoms with Gasteiger partial charge in [0.15, 0.2) is 4.73 Å². The van der Waals surface area contributed by atoms with Crippen LogP contribution in [0.3, 0.4) is 0 Å². The highest BCUT2D eigenvalue weighted by Gasteiger charge is 2.10. The molecular weight excluding hydrogens is 328 g/mol. The third-order valence-corrected chi connectivity index (χ3v) is 3.80. The largest absolute Gasteiger partial charge is 0.254 e. The first kappa shape index (κ1) is 12.3. The van der Waals surface area contributed by atoms with Gasteiger partial charge in [0.05, 0.1) is 11.0 Å². The number of aromatic nitrogens is 4. The molecule has 1 aromatic carbocycles. The summed E-state index contributed by atoms with van der Waals surface area (Å²) in [5.41, 5.74) is 3.83. The van der Waals surface area contributed by atoms with Crippen LogP contribution in [0.5, 0.6) is 0 Å². The predicted octanol–water partition coefficient (Wildman–Crippen LogP) is 4.00. The fraction of sp³-hybridized carbons (Fsp3) is 0. The molecule has 0 aliphatic rings. The van der Waals surface area contributed by atoms with Crippen LogP contribution in [-0.4, -0.2) is 19.9 Å². The molecule has 4 aromatic rings. The number of hydrogen-bond donors (Lipinski definition) is 0. The summed E-state index contributed by atoms with van der Waals surface area (Å²) in [6.07, 6.45) is 7.19. The van der Waals surface area contributed by atoms with Gasteiger partial charge in [-0.2, -0.15) is 0 Å². The summed E-state index contributed by atoms with van der Waals surface area (Å²) >= 11 is 3.26. The maximum atomic E-state index is 4.50. The van der Waals surface area contributed by atoms with Crippen molar-refractivity contribution in [2.24, 2.45) is 0 Å². The highest BCUT2D eigenvalue weighted by atomic mass is 79.9. The quantitative estimate of drug-likeness (QED) is 0.389. The second-order valence-electron chi connectivity index (χ2n) is 4.64. The normalized spacial score (nSPS) is 11.1. The lowest BCUT2D eigenvalue weighted by Crippen LogP contribution is -1.90. The van der Waals surface area contributed by atoms with Crippen LogP contribution in [0.1, 0.15) is 0 Å². The molecule has 0 atom stereocenters. The summed E-state index contributed by atoms with van der Waals surface area (Å²) in [6.45, 7) is 0. The summed E-state index contributed by atoms with van der Waals surface area (Å²) in [5.74, 6) is 0. The van der Waals surface area contributed by atoms with Crippen molar-refractivity contribution in [1.29, 1.82) is 0 Å². The second kappa shape index (κ2) is 4.86. The van der Waals surface area contributed by atoms with E-state index >= 15 is 0 Å². The van der Waals surface area contributed by atoms with Crippen LogP contribution in [0.2, 0.25) is 0 Å². The van der Waals surface area contributed by atoms with Crippen LogP contribution in [-0.2, 0) is 0 Å². The number of fused-ring (bicyclic) bond motifs is 3. The van der Waals surface area contributed by atoms with Crippen molar-refractivity contribution in [3.63, 3.8) is 0 Å². The molecule has 100 valence electrons. The lowest BCUT2D eigenvalue weighted by molar-refractivity contribution is 1.11. The highest BCUT2D eigenvalue weighted by Crippen LogP contribution is 2.32. The summed E-state index contributed by atoms with van der Waals surface area (Å²) < 4.78 is 0.580. The van der Waals surface area contributed by atoms with Gasteiger partial charge < -0.3 is 0 Å². The molecule has 0 bridgehead atoms. The molecule has 0 radical (unpaired) electrons. The Morgan fingerprint density at radius 1 is 0.810 bits per heavy atom. The first-order valence-corrected chi connectivity index (χ1v) is 7.22. The van der Waals surface area contributed by atoms with Crippen LogP contribution < -0.4 is 0 Å². The zero-order valence-corrected chi connectivity index (χ0v) is 12.4. The van der Waals surface area contributed by atoms with E-state index < -0.39 is 0 Å². The number of rotatable bonds is 1. The lowest BCUT2D eigenvalue weighted by atomic mass is 10.00. The fourth-order valence-electron chi connectivity index (χ4n) is 2.47. The van der Waals surface area contributed by atoms with Gasteiger partial charge in [0.2, 0.25) is 0 Å². The van der Waals surface area contributed by atoms with E-state index in [0.717, 1.165) is 32.9 Å². The highest BCUT2D eigenvalue weighted by molar-refractivity contribution is 9.10. The minimum atomic E-state index is 0.580. The molecule has 0 aliphatic heterocycles. The number of benzene rings is 1. The molecular formula is C16H9BrN4. The van der Waals surface area contributed by atoms with Crippen LogP contribution in [0.25, 0.3) is 32.9 Å². The number of halogens is 1. The third kappa shape index (κ3) is 2.06. The maximum Gasteiger partial charge on any atom is 0.196 e. The zero-order valence-electron chi connectivity index (χ0n) is 10.9. The van der Waals surface area contributed by atoms with E-state index in [1.54, 1.807) is 24.8 Å². The monoisotopic (exact) mass is 336 g/mol. The molecule has 0 fully saturated rings. The Labute approximate surface area is 129 Å². The van der Waals surface area contributed by atoms with Crippen molar-refractivity contribution >= 4 is 37.7 Å². The summed E-state index contributed by atoms with van der Waals surface area (Å²) in [6, 6.07) is 10.1. The minimum Gasteiger partial charge on any atom is -0.254 e. The number of hydrogen-bond acceptors (Lipinski definition) is 4. The lowest BCUT2D eigenvalue weighted by Gasteiger charge is -2.08. The van der Waals surface area contributed by atoms with Gasteiger partial charge in [-0.25, -0.2) is 9.97 Å². The minimum absolute atomic E-state index is 0.580. The van der Waals surface area contributed by atoms with Crippen LogP contribution in [0, 0.1) is 0 Å². The standard InChI is InChI=1S/C16H9BrN4/c17-16-20-8-11(9-21-16)13-7-10-3-1-5-18-14(10)15-12(13)4-2-6-19-15/h1-9H. The van der Waals surface area contributed by atoms with Gasteiger partial charge in [-0.1, -0.05) is 12.1 Å². The predicted molar refractivity (Wildman–Crippen MR) is 85.8 cm³/mol. The average molecular weight is 337 g/mol. The van der Waals surface area contributed by atoms with Gasteiger partial charge in [0, 0.05) is 41.1 Å². The topological polar surface area (TPSA) is 51.6 Å². The second-order valence-corrected chi connectivity index (χ2v) is 5.35. The van der Waals surface area contributed by atoms with Gasteiger partial charge in [0.1, 0.15) is 0 Å². The molecule has 0 amide bonds. The van der Waals surface area contributed by atoms with E-state index in [9.17, 15) is 0 Å². The average Bonchev–Trinajstić information content (AvgIpc) is 2.55. The van der Waals surface area contributed by atoms with Crippen LogP contribution in [0.4, 0.5) is 0 Å². The van der Waals surface area contributed by atoms with Gasteiger partial charge in [-0.3, -0.25) is 9.97 Å². The molecule has 3 heterocycles. The molecule has 0 saturated carbocycles. The van der Waals surface area contributed by atoms with Crippen LogP contribution in [0.15, 0.2) is 59.9 Å². The van der Waals surface area contributed by atoms with Gasteiger partial charge in [0.25, 0.3) is 0 Å². The van der Waals surface area contributed by atoms with E-state index in [-0.39, 0.29) is 0 Å². The molecule has 21 heavy (non-hydrogen) atoms. The Morgan fingerprint density at radius 2 is 1.52 bits per heavy atom. The molecule has 0 spiro atoms. The van der Waals surface area contributed by atoms with E-state index in [1.807, 2.05) is 24.3 Å². The third-order valence-electron chi connectivity index (χ3n) is 3.39. The van der Waals surface area contributed by atoms with Crippen molar-refractivity contribution in [1.82, 2.24) is 19.9 Å². The van der Waals surface area contributed by atoms with Crippen molar-refractivity contribution < 1.29 is 0 Å². The van der Waals surface area contributed by atoms with Gasteiger partial charge >= 0.3 is 0 Å². The van der Waals surface area contributed by atoms with Crippen molar-refractivity contribution in [3.05, 3.63) is 59.9 Å². The van der Waals surface area contributed by atoms with Gasteiger partial charge in [-0.05, 0) is 39.7 Å². The molecule has 3 aromatic heterocycles. The molecule has 4 nitrogen and oxygen atoms in total. The van der Waals surface area contributed by atoms with Crippen molar-refractivity contribution in [2.45, 2.75) is 0 Å².